The molecule has 6 heteroatoms. The minimum absolute atomic E-state index is 0.111. The van der Waals surface area contributed by atoms with Gasteiger partial charge in [-0.1, -0.05) is 27.7 Å². The van der Waals surface area contributed by atoms with Gasteiger partial charge in [0.15, 0.2) is 0 Å². The number of hydrogen-bond donors (Lipinski definition) is 1. The highest BCUT2D eigenvalue weighted by atomic mass is 79.9. The van der Waals surface area contributed by atoms with Gasteiger partial charge < -0.3 is 5.73 Å². The monoisotopic (exact) mass is 361 g/mol. The first-order valence-electron chi connectivity index (χ1n) is 5.74. The van der Waals surface area contributed by atoms with Crippen LogP contribution in [0.5, 0.6) is 0 Å². The number of rotatable bonds is 3. The Morgan fingerprint density at radius 3 is 2.15 bits per heavy atom. The molecule has 1 nitrogen and oxygen atoms in total. The van der Waals surface area contributed by atoms with Gasteiger partial charge in [0.1, 0.15) is 0 Å². The molecule has 20 heavy (non-hydrogen) atoms. The quantitative estimate of drug-likeness (QED) is 0.824. The van der Waals surface area contributed by atoms with Crippen molar-refractivity contribution in [3.05, 3.63) is 58.1 Å². The summed E-state index contributed by atoms with van der Waals surface area (Å²) in [6.07, 6.45) is -4.37. The number of benzene rings is 2. The zero-order chi connectivity index (χ0) is 14.8. The Hall–Kier alpha value is -0.980. The standard InChI is InChI=1S/C14H11BrF3NS/c15-10-1-3-11(4-2-10)20-12-5-6-13(14(16,17)18)9(7-12)8-19/h1-7H,8,19H2. The van der Waals surface area contributed by atoms with Crippen LogP contribution in [0, 0.1) is 0 Å². The summed E-state index contributed by atoms with van der Waals surface area (Å²) >= 11 is 4.74. The molecule has 0 amide bonds. The van der Waals surface area contributed by atoms with E-state index in [0.29, 0.717) is 0 Å². The molecule has 106 valence electrons. The average Bonchev–Trinajstić information content (AvgIpc) is 2.40. The smallest absolute Gasteiger partial charge is 0.326 e. The Morgan fingerprint density at radius 2 is 1.60 bits per heavy atom. The van der Waals surface area contributed by atoms with Crippen LogP contribution in [-0.2, 0) is 12.7 Å². The third-order valence-corrected chi connectivity index (χ3v) is 4.18. The molecular formula is C14H11BrF3NS. The maximum Gasteiger partial charge on any atom is 0.416 e. The molecule has 0 atom stereocenters. The van der Waals surface area contributed by atoms with E-state index >= 15 is 0 Å². The van der Waals surface area contributed by atoms with Gasteiger partial charge in [0.25, 0.3) is 0 Å². The largest absolute Gasteiger partial charge is 0.416 e. The van der Waals surface area contributed by atoms with Crippen LogP contribution in [-0.4, -0.2) is 0 Å². The summed E-state index contributed by atoms with van der Waals surface area (Å²) in [6, 6.07) is 11.6. The lowest BCUT2D eigenvalue weighted by Crippen LogP contribution is -2.11. The lowest BCUT2D eigenvalue weighted by Gasteiger charge is -2.13. The van der Waals surface area contributed by atoms with Gasteiger partial charge in [-0.05, 0) is 48.0 Å². The van der Waals surface area contributed by atoms with Crippen molar-refractivity contribution in [3.63, 3.8) is 0 Å². The summed E-state index contributed by atoms with van der Waals surface area (Å²) in [5.74, 6) is 0. The second kappa shape index (κ2) is 6.20. The second-order valence-corrected chi connectivity index (χ2v) is 6.14. The van der Waals surface area contributed by atoms with Gasteiger partial charge in [-0.2, -0.15) is 13.2 Å². The zero-order valence-corrected chi connectivity index (χ0v) is 12.6. The van der Waals surface area contributed by atoms with E-state index in [1.54, 1.807) is 0 Å². The van der Waals surface area contributed by atoms with Crippen LogP contribution in [0.1, 0.15) is 11.1 Å². The highest BCUT2D eigenvalue weighted by molar-refractivity contribution is 9.10. The Kier molecular flexibility index (Phi) is 4.78. The molecule has 2 aromatic rings. The highest BCUT2D eigenvalue weighted by Crippen LogP contribution is 2.36. The molecule has 0 aromatic heterocycles. The van der Waals surface area contributed by atoms with Crippen molar-refractivity contribution in [2.75, 3.05) is 0 Å². The molecule has 2 N–H and O–H groups in total. The van der Waals surface area contributed by atoms with E-state index in [-0.39, 0.29) is 12.1 Å². The first-order chi connectivity index (χ1) is 9.40. The second-order valence-electron chi connectivity index (χ2n) is 4.08. The molecule has 0 saturated carbocycles. The average molecular weight is 362 g/mol. The Morgan fingerprint density at radius 1 is 1.00 bits per heavy atom. The third kappa shape index (κ3) is 3.77. The highest BCUT2D eigenvalue weighted by Gasteiger charge is 2.32. The third-order valence-electron chi connectivity index (χ3n) is 2.65. The molecule has 0 saturated heterocycles. The van der Waals surface area contributed by atoms with Gasteiger partial charge in [-0.3, -0.25) is 0 Å². The van der Waals surface area contributed by atoms with Crippen LogP contribution in [0.3, 0.4) is 0 Å². The van der Waals surface area contributed by atoms with Crippen molar-refractivity contribution >= 4 is 27.7 Å². The van der Waals surface area contributed by atoms with Gasteiger partial charge in [0, 0.05) is 20.8 Å². The van der Waals surface area contributed by atoms with Crippen molar-refractivity contribution in [1.82, 2.24) is 0 Å². The van der Waals surface area contributed by atoms with E-state index in [2.05, 4.69) is 15.9 Å². The lowest BCUT2D eigenvalue weighted by molar-refractivity contribution is -0.138. The fourth-order valence-corrected chi connectivity index (χ4v) is 2.86. The summed E-state index contributed by atoms with van der Waals surface area (Å²) in [7, 11) is 0. The van der Waals surface area contributed by atoms with Gasteiger partial charge in [0.05, 0.1) is 5.56 Å². The molecule has 0 spiro atoms. The van der Waals surface area contributed by atoms with Crippen LogP contribution in [0.2, 0.25) is 0 Å². The molecule has 0 aliphatic carbocycles. The summed E-state index contributed by atoms with van der Waals surface area (Å²) in [4.78, 5) is 1.69. The normalized spacial score (nSPS) is 11.7. The van der Waals surface area contributed by atoms with E-state index in [4.69, 9.17) is 5.73 Å². The Balaban J connectivity index is 2.28. The summed E-state index contributed by atoms with van der Waals surface area (Å²) in [5.41, 5.74) is 4.86. The minimum Gasteiger partial charge on any atom is -0.326 e. The molecule has 0 fully saturated rings. The van der Waals surface area contributed by atoms with Gasteiger partial charge in [-0.25, -0.2) is 0 Å². The van der Waals surface area contributed by atoms with Crippen LogP contribution < -0.4 is 5.73 Å². The first-order valence-corrected chi connectivity index (χ1v) is 7.34. The lowest BCUT2D eigenvalue weighted by atomic mass is 10.1. The van der Waals surface area contributed by atoms with Gasteiger partial charge in [-0.15, -0.1) is 0 Å². The van der Waals surface area contributed by atoms with Crippen molar-refractivity contribution < 1.29 is 13.2 Å². The first kappa shape index (κ1) is 15.4. The number of hydrogen-bond acceptors (Lipinski definition) is 2. The molecule has 0 unspecified atom stereocenters. The molecule has 2 rings (SSSR count). The molecule has 0 radical (unpaired) electrons. The SMILES string of the molecule is NCc1cc(Sc2ccc(Br)cc2)ccc1C(F)(F)F. The summed E-state index contributed by atoms with van der Waals surface area (Å²) < 4.78 is 39.3. The predicted octanol–water partition coefficient (Wildman–Crippen LogP) is 5.08. The molecule has 0 heterocycles. The van der Waals surface area contributed by atoms with Crippen molar-refractivity contribution in [2.45, 2.75) is 22.5 Å². The van der Waals surface area contributed by atoms with Crippen LogP contribution in [0.25, 0.3) is 0 Å². The minimum atomic E-state index is -4.37. The van der Waals surface area contributed by atoms with Gasteiger partial charge in [0.2, 0.25) is 0 Å². The molecule has 0 aliphatic heterocycles. The summed E-state index contributed by atoms with van der Waals surface area (Å²) in [5, 5.41) is 0. The van der Waals surface area contributed by atoms with E-state index in [9.17, 15) is 13.2 Å². The van der Waals surface area contributed by atoms with E-state index < -0.39 is 11.7 Å². The van der Waals surface area contributed by atoms with E-state index in [1.807, 2.05) is 24.3 Å². The van der Waals surface area contributed by atoms with Crippen molar-refractivity contribution in [3.8, 4) is 0 Å². The van der Waals surface area contributed by atoms with Crippen LogP contribution in [0.4, 0.5) is 13.2 Å². The van der Waals surface area contributed by atoms with Gasteiger partial charge >= 0.3 is 6.18 Å². The maximum absolute atomic E-state index is 12.8. The molecule has 0 aliphatic rings. The fraction of sp³-hybridized carbons (Fsp3) is 0.143. The van der Waals surface area contributed by atoms with Crippen LogP contribution >= 0.6 is 27.7 Å². The molecule has 0 bridgehead atoms. The Bertz CT molecular complexity index is 596. The zero-order valence-electron chi connectivity index (χ0n) is 10.2. The van der Waals surface area contributed by atoms with E-state index in [1.165, 1.54) is 23.9 Å². The van der Waals surface area contributed by atoms with E-state index in [0.717, 1.165) is 20.3 Å². The van der Waals surface area contributed by atoms with Crippen molar-refractivity contribution in [1.29, 1.82) is 0 Å². The number of alkyl halides is 3. The predicted molar refractivity (Wildman–Crippen MR) is 77.6 cm³/mol. The van der Waals surface area contributed by atoms with Crippen molar-refractivity contribution in [2.24, 2.45) is 5.73 Å². The fourth-order valence-electron chi connectivity index (χ4n) is 1.72. The maximum atomic E-state index is 12.8. The molecule has 2 aromatic carbocycles. The van der Waals surface area contributed by atoms with Crippen LogP contribution in [0.15, 0.2) is 56.7 Å². The summed E-state index contributed by atoms with van der Waals surface area (Å²) in [6.45, 7) is -0.135. The number of halogens is 4. The number of nitrogens with two attached hydrogens (primary N) is 1. The molecular weight excluding hydrogens is 351 g/mol. The Labute approximate surface area is 127 Å². The topological polar surface area (TPSA) is 26.0 Å².